The maximum atomic E-state index is 13.7. The molecule has 2 N–H and O–H groups in total. The molecule has 0 heterocycles. The van der Waals surface area contributed by atoms with Gasteiger partial charge in [0.15, 0.2) is 0 Å². The van der Waals surface area contributed by atoms with E-state index in [0.29, 0.717) is 17.7 Å². The van der Waals surface area contributed by atoms with E-state index in [1.807, 2.05) is 0 Å². The lowest BCUT2D eigenvalue weighted by Crippen LogP contribution is -2.54. The van der Waals surface area contributed by atoms with E-state index >= 15 is 0 Å². The highest BCUT2D eigenvalue weighted by molar-refractivity contribution is 7.80. The third-order valence-corrected chi connectivity index (χ3v) is 5.73. The number of benzene rings is 1. The average molecular weight is 488 g/mol. The largest absolute Gasteiger partial charge is 0.444 e. The summed E-state index contributed by atoms with van der Waals surface area (Å²) < 4.78 is 5.32. The SMILES string of the molecule is C#Cc1ccc(C(C(=O)NCCCCC)N(C(=O)C(CS)NC(=O)OC(C)(C)C)C2CC2)cc1. The Labute approximate surface area is 208 Å². The lowest BCUT2D eigenvalue weighted by molar-refractivity contribution is -0.142. The van der Waals surface area contributed by atoms with Gasteiger partial charge in [0.2, 0.25) is 11.8 Å². The maximum Gasteiger partial charge on any atom is 0.408 e. The summed E-state index contributed by atoms with van der Waals surface area (Å²) in [7, 11) is 0. The summed E-state index contributed by atoms with van der Waals surface area (Å²) in [6, 6.07) is 5.23. The van der Waals surface area contributed by atoms with Crippen LogP contribution in [0.1, 0.15) is 77.0 Å². The van der Waals surface area contributed by atoms with Crippen LogP contribution in [0.15, 0.2) is 24.3 Å². The molecule has 1 aliphatic rings. The first-order valence-electron chi connectivity index (χ1n) is 11.9. The molecular formula is C26H37N3O4S. The van der Waals surface area contributed by atoms with Crippen LogP contribution in [0, 0.1) is 12.3 Å². The van der Waals surface area contributed by atoms with Crippen LogP contribution >= 0.6 is 12.6 Å². The zero-order valence-electron chi connectivity index (χ0n) is 20.6. The highest BCUT2D eigenvalue weighted by atomic mass is 32.1. The molecule has 1 fully saturated rings. The molecule has 1 aliphatic carbocycles. The molecule has 2 atom stereocenters. The molecule has 0 radical (unpaired) electrons. The van der Waals surface area contributed by atoms with Gasteiger partial charge in [-0.15, -0.1) is 6.42 Å². The number of nitrogens with one attached hydrogen (secondary N) is 2. The summed E-state index contributed by atoms with van der Waals surface area (Å²) in [5, 5.41) is 5.61. The molecule has 1 aromatic rings. The Balaban J connectivity index is 2.32. The van der Waals surface area contributed by atoms with Crippen LogP contribution in [0.2, 0.25) is 0 Å². The van der Waals surface area contributed by atoms with E-state index in [1.165, 1.54) is 0 Å². The van der Waals surface area contributed by atoms with E-state index in [-0.39, 0.29) is 23.6 Å². The molecule has 0 spiro atoms. The summed E-state index contributed by atoms with van der Waals surface area (Å²) in [6.45, 7) is 7.88. The molecule has 2 rings (SSSR count). The van der Waals surface area contributed by atoms with E-state index in [0.717, 1.165) is 32.1 Å². The van der Waals surface area contributed by atoms with Crippen molar-refractivity contribution in [3.05, 3.63) is 35.4 Å². The Hall–Kier alpha value is -2.66. The van der Waals surface area contributed by atoms with Crippen LogP contribution in [-0.4, -0.2) is 52.8 Å². The number of hydrogen-bond donors (Lipinski definition) is 3. The molecule has 186 valence electrons. The topological polar surface area (TPSA) is 87.7 Å². The van der Waals surface area contributed by atoms with Crippen molar-refractivity contribution in [1.82, 2.24) is 15.5 Å². The van der Waals surface area contributed by atoms with Gasteiger partial charge in [0.25, 0.3) is 0 Å². The number of rotatable bonds is 11. The van der Waals surface area contributed by atoms with Crippen LogP contribution in [0.3, 0.4) is 0 Å². The lowest BCUT2D eigenvalue weighted by atomic mass is 10.0. The predicted octanol–water partition coefficient (Wildman–Crippen LogP) is 3.83. The molecule has 2 unspecified atom stereocenters. The van der Waals surface area contributed by atoms with Crippen molar-refractivity contribution in [3.8, 4) is 12.3 Å². The normalized spacial score (nSPS) is 14.9. The number of unbranched alkanes of at least 4 members (excludes halogenated alkanes) is 2. The quantitative estimate of drug-likeness (QED) is 0.252. The second kappa shape index (κ2) is 12.7. The third kappa shape index (κ3) is 8.28. The first-order valence-corrected chi connectivity index (χ1v) is 12.5. The summed E-state index contributed by atoms with van der Waals surface area (Å²) in [4.78, 5) is 41.0. The predicted molar refractivity (Wildman–Crippen MR) is 137 cm³/mol. The third-order valence-electron chi connectivity index (χ3n) is 5.37. The van der Waals surface area contributed by atoms with Crippen LogP contribution in [0.4, 0.5) is 4.79 Å². The molecule has 34 heavy (non-hydrogen) atoms. The summed E-state index contributed by atoms with van der Waals surface area (Å²) in [6.07, 6.45) is 9.29. The minimum absolute atomic E-state index is 0.0716. The van der Waals surface area contributed by atoms with Crippen LogP contribution in [0.5, 0.6) is 0 Å². The number of ether oxygens (including phenoxy) is 1. The van der Waals surface area contributed by atoms with E-state index in [1.54, 1.807) is 49.9 Å². The smallest absolute Gasteiger partial charge is 0.408 e. The first-order chi connectivity index (χ1) is 16.1. The van der Waals surface area contributed by atoms with E-state index < -0.39 is 23.8 Å². The fraction of sp³-hybridized carbons (Fsp3) is 0.577. The summed E-state index contributed by atoms with van der Waals surface area (Å²) in [5.41, 5.74) is 0.654. The fourth-order valence-corrected chi connectivity index (χ4v) is 3.82. The van der Waals surface area contributed by atoms with Gasteiger partial charge in [0.1, 0.15) is 17.7 Å². The van der Waals surface area contributed by atoms with Crippen molar-refractivity contribution in [2.75, 3.05) is 12.3 Å². The van der Waals surface area contributed by atoms with Crippen LogP contribution in [0.25, 0.3) is 0 Å². The van der Waals surface area contributed by atoms with Crippen LogP contribution < -0.4 is 10.6 Å². The first kappa shape index (κ1) is 27.6. The zero-order chi connectivity index (χ0) is 25.3. The molecule has 0 aromatic heterocycles. The number of hydrogen-bond acceptors (Lipinski definition) is 5. The number of amides is 3. The minimum Gasteiger partial charge on any atom is -0.444 e. The molecule has 0 aliphatic heterocycles. The standard InChI is InChI=1S/C26H37N3O4S/c1-6-8-9-16-27-23(30)22(19-12-10-18(7-2)11-13-19)29(20-14-15-20)24(31)21(17-34)28-25(32)33-26(3,4)5/h2,10-13,20-22,34H,6,8-9,14-17H2,1,3-5H3,(H,27,30)(H,28,32). The lowest BCUT2D eigenvalue weighted by Gasteiger charge is -2.34. The highest BCUT2D eigenvalue weighted by Gasteiger charge is 2.43. The van der Waals surface area contributed by atoms with E-state index in [9.17, 15) is 14.4 Å². The zero-order valence-corrected chi connectivity index (χ0v) is 21.5. The Bertz CT molecular complexity index is 885. The van der Waals surface area contributed by atoms with Gasteiger partial charge < -0.3 is 20.3 Å². The molecule has 1 saturated carbocycles. The molecule has 8 heteroatoms. The summed E-state index contributed by atoms with van der Waals surface area (Å²) >= 11 is 4.30. The number of terminal acetylenes is 1. The van der Waals surface area contributed by atoms with Gasteiger partial charge in [-0.25, -0.2) is 4.79 Å². The molecule has 0 bridgehead atoms. The van der Waals surface area contributed by atoms with Gasteiger partial charge in [-0.3, -0.25) is 9.59 Å². The number of nitrogens with zero attached hydrogens (tertiary/aromatic N) is 1. The Morgan fingerprint density at radius 2 is 1.85 bits per heavy atom. The van der Waals surface area contributed by atoms with Crippen molar-refractivity contribution in [1.29, 1.82) is 0 Å². The van der Waals surface area contributed by atoms with Gasteiger partial charge >= 0.3 is 6.09 Å². The van der Waals surface area contributed by atoms with Crippen LogP contribution in [-0.2, 0) is 14.3 Å². The average Bonchev–Trinajstić information content (AvgIpc) is 3.62. The number of thiol groups is 1. The Morgan fingerprint density at radius 3 is 2.35 bits per heavy atom. The monoisotopic (exact) mass is 487 g/mol. The number of carbonyl (C=O) groups is 3. The van der Waals surface area contributed by atoms with Crippen molar-refractivity contribution < 1.29 is 19.1 Å². The van der Waals surface area contributed by atoms with Gasteiger partial charge in [-0.2, -0.15) is 12.6 Å². The molecule has 1 aromatic carbocycles. The van der Waals surface area contributed by atoms with Crippen molar-refractivity contribution >= 4 is 30.5 Å². The maximum absolute atomic E-state index is 13.7. The highest BCUT2D eigenvalue weighted by Crippen LogP contribution is 2.35. The number of carbonyl (C=O) groups excluding carboxylic acids is 3. The summed E-state index contributed by atoms with van der Waals surface area (Å²) in [5.74, 6) is 2.03. The van der Waals surface area contributed by atoms with E-state index in [2.05, 4.69) is 36.1 Å². The van der Waals surface area contributed by atoms with Crippen molar-refractivity contribution in [2.45, 2.75) is 83.5 Å². The van der Waals surface area contributed by atoms with E-state index in [4.69, 9.17) is 11.2 Å². The molecule has 0 saturated heterocycles. The molecule has 3 amide bonds. The fourth-order valence-electron chi connectivity index (χ4n) is 3.57. The van der Waals surface area contributed by atoms with Gasteiger partial charge in [-0.05, 0) is 57.7 Å². The number of alkyl carbamates (subject to hydrolysis) is 1. The Morgan fingerprint density at radius 1 is 1.21 bits per heavy atom. The van der Waals surface area contributed by atoms with Crippen molar-refractivity contribution in [3.63, 3.8) is 0 Å². The van der Waals surface area contributed by atoms with Gasteiger partial charge in [0, 0.05) is 23.9 Å². The minimum atomic E-state index is -0.931. The molecule has 7 nitrogen and oxygen atoms in total. The second-order valence-corrected chi connectivity index (χ2v) is 9.89. The van der Waals surface area contributed by atoms with Gasteiger partial charge in [0.05, 0.1) is 0 Å². The Kier molecular flexibility index (Phi) is 10.3. The second-order valence-electron chi connectivity index (χ2n) is 9.53. The van der Waals surface area contributed by atoms with Gasteiger partial charge in [-0.1, -0.05) is 37.8 Å². The molecular weight excluding hydrogens is 450 g/mol. The van der Waals surface area contributed by atoms with Crippen molar-refractivity contribution in [2.24, 2.45) is 0 Å².